The van der Waals surface area contributed by atoms with Crippen LogP contribution in [0, 0.1) is 20.8 Å². The van der Waals surface area contributed by atoms with Crippen molar-refractivity contribution in [2.24, 2.45) is 0 Å². The Morgan fingerprint density at radius 2 is 1.53 bits per heavy atom. The van der Waals surface area contributed by atoms with Gasteiger partial charge in [0.05, 0.1) is 17.7 Å². The average molecular weight is 606 g/mol. The number of anilines is 1. The highest BCUT2D eigenvalue weighted by atomic mass is 32.2. The van der Waals surface area contributed by atoms with E-state index in [1.807, 2.05) is 45.0 Å². The van der Waals surface area contributed by atoms with Crippen molar-refractivity contribution < 1.29 is 22.7 Å². The topological polar surface area (TPSA) is 96.0 Å². The molecule has 230 valence electrons. The molecule has 9 heteroatoms. The van der Waals surface area contributed by atoms with Gasteiger partial charge in [-0.2, -0.15) is 0 Å². The van der Waals surface area contributed by atoms with Crippen LogP contribution in [0.15, 0.2) is 71.6 Å². The van der Waals surface area contributed by atoms with Crippen LogP contribution in [0.2, 0.25) is 0 Å². The van der Waals surface area contributed by atoms with Crippen molar-refractivity contribution in [1.29, 1.82) is 0 Å². The third-order valence-electron chi connectivity index (χ3n) is 8.15. The van der Waals surface area contributed by atoms with Gasteiger partial charge in [0.15, 0.2) is 0 Å². The molecule has 0 saturated heterocycles. The zero-order chi connectivity index (χ0) is 31.1. The van der Waals surface area contributed by atoms with E-state index in [-0.39, 0.29) is 23.4 Å². The Labute approximate surface area is 256 Å². The van der Waals surface area contributed by atoms with E-state index in [4.69, 9.17) is 4.74 Å². The SMILES string of the molecule is COc1ccc(CN(C(=O)CN(c2cc(C)ccc2C)S(=O)(=O)c2ccc(C)cc2)[C@@H](C)C(=O)NC2CCCCC2)cc1. The van der Waals surface area contributed by atoms with E-state index < -0.39 is 28.5 Å². The number of nitrogens with zero attached hydrogens (tertiary/aromatic N) is 2. The summed E-state index contributed by atoms with van der Waals surface area (Å²) in [5.74, 6) is -0.0397. The number of carbonyl (C=O) groups excluding carboxylic acids is 2. The summed E-state index contributed by atoms with van der Waals surface area (Å²) in [7, 11) is -2.54. The second kappa shape index (κ2) is 14.1. The molecule has 0 heterocycles. The first kappa shape index (κ1) is 32.1. The molecule has 1 N–H and O–H groups in total. The maximum Gasteiger partial charge on any atom is 0.264 e. The molecule has 0 aromatic heterocycles. The molecule has 3 aromatic carbocycles. The van der Waals surface area contributed by atoms with E-state index in [0.717, 1.165) is 54.4 Å². The fourth-order valence-corrected chi connectivity index (χ4v) is 6.89. The molecule has 0 spiro atoms. The first-order valence-corrected chi connectivity index (χ1v) is 16.3. The van der Waals surface area contributed by atoms with E-state index >= 15 is 0 Å². The van der Waals surface area contributed by atoms with Crippen molar-refractivity contribution in [2.75, 3.05) is 18.0 Å². The fourth-order valence-electron chi connectivity index (χ4n) is 5.42. The van der Waals surface area contributed by atoms with Gasteiger partial charge in [0.1, 0.15) is 18.3 Å². The standard InChI is InChI=1S/C34H43N3O5S/c1-24-12-19-31(20-13-24)43(40,41)37(32-21-25(2)11-14-26(32)3)23-33(38)36(22-28-15-17-30(42-5)18-16-28)27(4)34(39)35-29-9-7-6-8-10-29/h11-21,27,29H,6-10,22-23H2,1-5H3,(H,35,39)/t27-/m0/s1. The number of hydrogen-bond acceptors (Lipinski definition) is 5. The van der Waals surface area contributed by atoms with Crippen LogP contribution in [0.1, 0.15) is 61.3 Å². The predicted octanol–water partition coefficient (Wildman–Crippen LogP) is 5.68. The molecular formula is C34H43N3O5S. The van der Waals surface area contributed by atoms with E-state index in [9.17, 15) is 18.0 Å². The van der Waals surface area contributed by atoms with Gasteiger partial charge in [0.25, 0.3) is 10.0 Å². The number of sulfonamides is 1. The largest absolute Gasteiger partial charge is 0.497 e. The molecule has 8 nitrogen and oxygen atoms in total. The summed E-state index contributed by atoms with van der Waals surface area (Å²) in [5.41, 5.74) is 3.74. The molecular weight excluding hydrogens is 562 g/mol. The molecule has 43 heavy (non-hydrogen) atoms. The van der Waals surface area contributed by atoms with Crippen LogP contribution in [0.4, 0.5) is 5.69 Å². The van der Waals surface area contributed by atoms with Crippen LogP contribution in [-0.4, -0.2) is 50.9 Å². The zero-order valence-electron chi connectivity index (χ0n) is 25.8. The molecule has 0 unspecified atom stereocenters. The Balaban J connectivity index is 1.70. The van der Waals surface area contributed by atoms with Gasteiger partial charge < -0.3 is 15.0 Å². The van der Waals surface area contributed by atoms with E-state index in [1.54, 1.807) is 56.5 Å². The summed E-state index contributed by atoms with van der Waals surface area (Å²) in [6.07, 6.45) is 5.12. The Hall–Kier alpha value is -3.85. The lowest BCUT2D eigenvalue weighted by atomic mass is 9.95. The predicted molar refractivity (Wildman–Crippen MR) is 170 cm³/mol. The van der Waals surface area contributed by atoms with Gasteiger partial charge in [-0.25, -0.2) is 8.42 Å². The highest BCUT2D eigenvalue weighted by molar-refractivity contribution is 7.92. The third-order valence-corrected chi connectivity index (χ3v) is 9.93. The summed E-state index contributed by atoms with van der Waals surface area (Å²) in [4.78, 5) is 29.3. The minimum Gasteiger partial charge on any atom is -0.497 e. The van der Waals surface area contributed by atoms with Crippen molar-refractivity contribution in [3.05, 3.63) is 89.0 Å². The lowest BCUT2D eigenvalue weighted by molar-refractivity contribution is -0.139. The highest BCUT2D eigenvalue weighted by Crippen LogP contribution is 2.29. The molecule has 3 aromatic rings. The van der Waals surface area contributed by atoms with Gasteiger partial charge in [-0.05, 0) is 87.6 Å². The minimum absolute atomic E-state index is 0.0787. The number of ether oxygens (including phenoxy) is 1. The fraction of sp³-hybridized carbons (Fsp3) is 0.412. The van der Waals surface area contributed by atoms with E-state index in [2.05, 4.69) is 5.32 Å². The molecule has 4 rings (SSSR count). The number of carbonyl (C=O) groups is 2. The summed E-state index contributed by atoms with van der Waals surface area (Å²) in [6.45, 7) is 6.97. The zero-order valence-corrected chi connectivity index (χ0v) is 26.6. The van der Waals surface area contributed by atoms with Gasteiger partial charge in [-0.15, -0.1) is 0 Å². The maximum absolute atomic E-state index is 14.2. The molecule has 1 aliphatic rings. The highest BCUT2D eigenvalue weighted by Gasteiger charge is 2.33. The van der Waals surface area contributed by atoms with Gasteiger partial charge in [0, 0.05) is 12.6 Å². The van der Waals surface area contributed by atoms with E-state index in [0.29, 0.717) is 11.4 Å². The van der Waals surface area contributed by atoms with Crippen LogP contribution in [0.5, 0.6) is 5.75 Å². The first-order valence-electron chi connectivity index (χ1n) is 14.9. The summed E-state index contributed by atoms with van der Waals surface area (Å²) in [6, 6.07) is 18.7. The number of hydrogen-bond donors (Lipinski definition) is 1. The minimum atomic E-state index is -4.12. The number of amides is 2. The second-order valence-electron chi connectivity index (χ2n) is 11.5. The van der Waals surface area contributed by atoms with Crippen LogP contribution >= 0.6 is 0 Å². The third kappa shape index (κ3) is 7.96. The Morgan fingerprint density at radius 3 is 2.16 bits per heavy atom. The molecule has 1 fully saturated rings. The smallest absolute Gasteiger partial charge is 0.264 e. The van der Waals surface area contributed by atoms with Crippen molar-refractivity contribution in [2.45, 2.75) is 83.3 Å². The van der Waals surface area contributed by atoms with Crippen molar-refractivity contribution in [1.82, 2.24) is 10.2 Å². The molecule has 1 aliphatic carbocycles. The van der Waals surface area contributed by atoms with Crippen LogP contribution in [0.25, 0.3) is 0 Å². The van der Waals surface area contributed by atoms with Crippen molar-refractivity contribution in [3.8, 4) is 5.75 Å². The normalized spacial score (nSPS) is 14.5. The lowest BCUT2D eigenvalue weighted by Crippen LogP contribution is -2.53. The van der Waals surface area contributed by atoms with Gasteiger partial charge in [-0.1, -0.05) is 61.2 Å². The molecule has 2 amide bonds. The lowest BCUT2D eigenvalue weighted by Gasteiger charge is -2.33. The molecule has 0 radical (unpaired) electrons. The molecule has 1 atom stereocenters. The Morgan fingerprint density at radius 1 is 0.907 bits per heavy atom. The maximum atomic E-state index is 14.2. The van der Waals surface area contributed by atoms with Gasteiger partial charge >= 0.3 is 0 Å². The molecule has 0 bridgehead atoms. The van der Waals surface area contributed by atoms with Crippen LogP contribution < -0.4 is 14.4 Å². The van der Waals surface area contributed by atoms with E-state index in [1.165, 1.54) is 9.21 Å². The number of nitrogens with one attached hydrogen (secondary N) is 1. The Kier molecular flexibility index (Phi) is 10.5. The van der Waals surface area contributed by atoms with Crippen molar-refractivity contribution in [3.63, 3.8) is 0 Å². The second-order valence-corrected chi connectivity index (χ2v) is 13.4. The quantitative estimate of drug-likeness (QED) is 0.303. The monoisotopic (exact) mass is 605 g/mol. The van der Waals surface area contributed by atoms with Crippen molar-refractivity contribution >= 4 is 27.5 Å². The summed E-state index contributed by atoms with van der Waals surface area (Å²) < 4.78 is 34.7. The molecule has 0 aliphatic heterocycles. The van der Waals surface area contributed by atoms with Gasteiger partial charge in [-0.3, -0.25) is 13.9 Å². The van der Waals surface area contributed by atoms with Crippen LogP contribution in [0.3, 0.4) is 0 Å². The Bertz CT molecular complexity index is 1510. The molecule has 1 saturated carbocycles. The summed E-state index contributed by atoms with van der Waals surface area (Å²) >= 11 is 0. The number of rotatable bonds is 11. The first-order chi connectivity index (χ1) is 20.5. The average Bonchev–Trinajstić information content (AvgIpc) is 3.00. The number of aryl methyl sites for hydroxylation is 3. The number of methoxy groups -OCH3 is 1. The number of benzene rings is 3. The van der Waals surface area contributed by atoms with Crippen LogP contribution in [-0.2, 0) is 26.2 Å². The summed E-state index contributed by atoms with van der Waals surface area (Å²) in [5, 5.41) is 3.14. The van der Waals surface area contributed by atoms with Gasteiger partial charge in [0.2, 0.25) is 11.8 Å².